The van der Waals surface area contributed by atoms with E-state index in [1.165, 1.54) is 31.2 Å². The Morgan fingerprint density at radius 2 is 1.62 bits per heavy atom. The maximum atomic E-state index is 12.4. The fraction of sp³-hybridized carbons (Fsp3) is 0.176. The Kier molecular flexibility index (Phi) is 5.83. The van der Waals surface area contributed by atoms with Gasteiger partial charge >= 0.3 is 12.6 Å². The predicted molar refractivity (Wildman–Crippen MR) is 83.0 cm³/mol. The second kappa shape index (κ2) is 8.05. The standard InChI is InChI=1S/C17H15F2NO4/c1-11(15(21)20-12-7-3-2-4-8-12)23-16(22)13-9-5-6-10-14(13)24-17(18)19/h2-11,17H,1H3,(H,20,21)/t11-/m1/s1. The third kappa shape index (κ3) is 4.77. The smallest absolute Gasteiger partial charge is 0.387 e. The zero-order valence-corrected chi connectivity index (χ0v) is 12.7. The Morgan fingerprint density at radius 3 is 2.29 bits per heavy atom. The van der Waals surface area contributed by atoms with Crippen LogP contribution in [-0.4, -0.2) is 24.6 Å². The van der Waals surface area contributed by atoms with Crippen molar-refractivity contribution >= 4 is 17.6 Å². The van der Waals surface area contributed by atoms with Gasteiger partial charge in [0.1, 0.15) is 11.3 Å². The summed E-state index contributed by atoms with van der Waals surface area (Å²) in [6.07, 6.45) is -1.11. The number of hydrogen-bond donors (Lipinski definition) is 1. The van der Waals surface area contributed by atoms with E-state index in [2.05, 4.69) is 10.1 Å². The fourth-order valence-corrected chi connectivity index (χ4v) is 1.88. The maximum Gasteiger partial charge on any atom is 0.387 e. The van der Waals surface area contributed by atoms with Crippen LogP contribution in [0.25, 0.3) is 0 Å². The summed E-state index contributed by atoms with van der Waals surface area (Å²) in [5, 5.41) is 2.58. The third-order valence-corrected chi connectivity index (χ3v) is 3.02. The average Bonchev–Trinajstić information content (AvgIpc) is 2.55. The summed E-state index contributed by atoms with van der Waals surface area (Å²) < 4.78 is 34.0. The van der Waals surface area contributed by atoms with Crippen LogP contribution in [0.5, 0.6) is 5.75 Å². The molecule has 0 aromatic heterocycles. The van der Waals surface area contributed by atoms with Crippen LogP contribution in [0.3, 0.4) is 0 Å². The number of amides is 1. The molecule has 126 valence electrons. The van der Waals surface area contributed by atoms with Crippen molar-refractivity contribution < 1.29 is 27.8 Å². The Labute approximate surface area is 137 Å². The number of anilines is 1. The van der Waals surface area contributed by atoms with Crippen molar-refractivity contribution in [2.75, 3.05) is 5.32 Å². The monoisotopic (exact) mass is 335 g/mol. The van der Waals surface area contributed by atoms with Gasteiger partial charge in [-0.25, -0.2) is 4.79 Å². The van der Waals surface area contributed by atoms with Gasteiger partial charge in [-0.3, -0.25) is 4.79 Å². The highest BCUT2D eigenvalue weighted by Crippen LogP contribution is 2.21. The molecule has 0 bridgehead atoms. The van der Waals surface area contributed by atoms with Crippen molar-refractivity contribution in [2.24, 2.45) is 0 Å². The summed E-state index contributed by atoms with van der Waals surface area (Å²) in [6.45, 7) is -1.69. The molecular weight excluding hydrogens is 320 g/mol. The van der Waals surface area contributed by atoms with E-state index in [9.17, 15) is 18.4 Å². The van der Waals surface area contributed by atoms with Gasteiger partial charge in [0.25, 0.3) is 5.91 Å². The van der Waals surface area contributed by atoms with Crippen molar-refractivity contribution in [3.05, 3.63) is 60.2 Å². The molecule has 7 heteroatoms. The molecule has 0 saturated carbocycles. The Bertz CT molecular complexity index is 707. The lowest BCUT2D eigenvalue weighted by atomic mass is 10.2. The van der Waals surface area contributed by atoms with E-state index in [0.29, 0.717) is 5.69 Å². The summed E-state index contributed by atoms with van der Waals surface area (Å²) in [5.74, 6) is -1.78. The van der Waals surface area contributed by atoms with E-state index in [1.54, 1.807) is 30.3 Å². The largest absolute Gasteiger partial charge is 0.449 e. The molecule has 1 amide bonds. The van der Waals surface area contributed by atoms with Crippen LogP contribution in [0.2, 0.25) is 0 Å². The number of esters is 1. The topological polar surface area (TPSA) is 64.6 Å². The van der Waals surface area contributed by atoms with Gasteiger partial charge in [-0.15, -0.1) is 0 Å². The van der Waals surface area contributed by atoms with Crippen LogP contribution in [0.4, 0.5) is 14.5 Å². The summed E-state index contributed by atoms with van der Waals surface area (Å²) in [7, 11) is 0. The lowest BCUT2D eigenvalue weighted by Crippen LogP contribution is -2.30. The molecule has 0 aliphatic carbocycles. The van der Waals surface area contributed by atoms with E-state index in [1.807, 2.05) is 0 Å². The summed E-state index contributed by atoms with van der Waals surface area (Å²) in [6, 6.07) is 14.0. The SMILES string of the molecule is C[C@@H](OC(=O)c1ccccc1OC(F)F)C(=O)Nc1ccccc1. The molecule has 0 unspecified atom stereocenters. The number of ether oxygens (including phenoxy) is 2. The zero-order valence-electron chi connectivity index (χ0n) is 12.7. The van der Waals surface area contributed by atoms with Gasteiger partial charge in [0.05, 0.1) is 0 Å². The lowest BCUT2D eigenvalue weighted by Gasteiger charge is -2.15. The summed E-state index contributed by atoms with van der Waals surface area (Å²) in [5.41, 5.74) is 0.365. The van der Waals surface area contributed by atoms with E-state index in [-0.39, 0.29) is 11.3 Å². The number of nitrogens with one attached hydrogen (secondary N) is 1. The van der Waals surface area contributed by atoms with Gasteiger partial charge in [0.15, 0.2) is 6.10 Å². The van der Waals surface area contributed by atoms with Gasteiger partial charge in [0, 0.05) is 5.69 Å². The molecule has 0 aliphatic rings. The van der Waals surface area contributed by atoms with Crippen molar-refractivity contribution in [2.45, 2.75) is 19.6 Å². The number of para-hydroxylation sites is 2. The first-order chi connectivity index (χ1) is 11.5. The third-order valence-electron chi connectivity index (χ3n) is 3.02. The summed E-state index contributed by atoms with van der Waals surface area (Å²) in [4.78, 5) is 24.1. The van der Waals surface area contributed by atoms with Crippen molar-refractivity contribution in [3.8, 4) is 5.75 Å². The number of benzene rings is 2. The quantitative estimate of drug-likeness (QED) is 0.821. The minimum absolute atomic E-state index is 0.183. The summed E-state index contributed by atoms with van der Waals surface area (Å²) >= 11 is 0. The molecule has 2 aromatic rings. The molecular formula is C17H15F2NO4. The Balaban J connectivity index is 2.02. The van der Waals surface area contributed by atoms with Crippen LogP contribution >= 0.6 is 0 Å². The van der Waals surface area contributed by atoms with Crippen LogP contribution in [-0.2, 0) is 9.53 Å². The molecule has 1 N–H and O–H groups in total. The first-order valence-electron chi connectivity index (χ1n) is 7.08. The maximum absolute atomic E-state index is 12.4. The first-order valence-corrected chi connectivity index (χ1v) is 7.08. The number of halogens is 2. The van der Waals surface area contributed by atoms with E-state index >= 15 is 0 Å². The number of carbonyl (C=O) groups excluding carboxylic acids is 2. The number of hydrogen-bond acceptors (Lipinski definition) is 4. The molecule has 0 fully saturated rings. The molecule has 0 aliphatic heterocycles. The van der Waals surface area contributed by atoms with Crippen LogP contribution in [0.1, 0.15) is 17.3 Å². The molecule has 0 heterocycles. The number of alkyl halides is 2. The average molecular weight is 335 g/mol. The number of rotatable bonds is 6. The van der Waals surface area contributed by atoms with Crippen LogP contribution in [0, 0.1) is 0 Å². The van der Waals surface area contributed by atoms with E-state index in [4.69, 9.17) is 4.74 Å². The second-order valence-electron chi connectivity index (χ2n) is 4.78. The molecule has 2 rings (SSSR count). The van der Waals surface area contributed by atoms with Crippen LogP contribution in [0.15, 0.2) is 54.6 Å². The normalized spacial score (nSPS) is 11.7. The van der Waals surface area contributed by atoms with E-state index < -0.39 is 24.6 Å². The minimum atomic E-state index is -3.07. The fourth-order valence-electron chi connectivity index (χ4n) is 1.88. The van der Waals surface area contributed by atoms with Gasteiger partial charge < -0.3 is 14.8 Å². The predicted octanol–water partition coefficient (Wildman–Crippen LogP) is 3.47. The molecule has 5 nitrogen and oxygen atoms in total. The van der Waals surface area contributed by atoms with Gasteiger partial charge in [0.2, 0.25) is 0 Å². The molecule has 0 saturated heterocycles. The van der Waals surface area contributed by atoms with Gasteiger partial charge in [-0.2, -0.15) is 8.78 Å². The highest BCUT2D eigenvalue weighted by molar-refractivity contribution is 5.98. The zero-order chi connectivity index (χ0) is 17.5. The number of carbonyl (C=O) groups is 2. The Morgan fingerprint density at radius 1 is 1.00 bits per heavy atom. The minimum Gasteiger partial charge on any atom is -0.449 e. The van der Waals surface area contributed by atoms with Crippen LogP contribution < -0.4 is 10.1 Å². The second-order valence-corrected chi connectivity index (χ2v) is 4.78. The lowest BCUT2D eigenvalue weighted by molar-refractivity contribution is -0.123. The van der Waals surface area contributed by atoms with Gasteiger partial charge in [-0.05, 0) is 31.2 Å². The molecule has 24 heavy (non-hydrogen) atoms. The highest BCUT2D eigenvalue weighted by atomic mass is 19.3. The Hall–Kier alpha value is -2.96. The highest BCUT2D eigenvalue weighted by Gasteiger charge is 2.22. The van der Waals surface area contributed by atoms with Gasteiger partial charge in [-0.1, -0.05) is 30.3 Å². The molecule has 0 radical (unpaired) electrons. The molecule has 2 aromatic carbocycles. The van der Waals surface area contributed by atoms with E-state index in [0.717, 1.165) is 0 Å². The molecule has 0 spiro atoms. The molecule has 1 atom stereocenters. The first kappa shape index (κ1) is 17.4. The van der Waals surface area contributed by atoms with Crippen molar-refractivity contribution in [3.63, 3.8) is 0 Å². The van der Waals surface area contributed by atoms with Crippen molar-refractivity contribution in [1.82, 2.24) is 0 Å². The van der Waals surface area contributed by atoms with Crippen molar-refractivity contribution in [1.29, 1.82) is 0 Å².